The summed E-state index contributed by atoms with van der Waals surface area (Å²) in [5.74, 6) is 0. The molecule has 108 valence electrons. The van der Waals surface area contributed by atoms with Crippen LogP contribution < -0.4 is 5.32 Å². The molecule has 5 heteroatoms. The molecule has 0 saturated heterocycles. The number of hydrogen-bond acceptors (Lipinski definition) is 4. The van der Waals surface area contributed by atoms with E-state index in [-0.39, 0.29) is 0 Å². The van der Waals surface area contributed by atoms with Gasteiger partial charge in [0.2, 0.25) is 0 Å². The van der Waals surface area contributed by atoms with Crippen molar-refractivity contribution in [2.24, 2.45) is 0 Å². The first-order chi connectivity index (χ1) is 9.81. The summed E-state index contributed by atoms with van der Waals surface area (Å²) in [7, 11) is 0. The Labute approximate surface area is 124 Å². The lowest BCUT2D eigenvalue weighted by Gasteiger charge is -2.21. The molecule has 0 fully saturated rings. The topological polar surface area (TPSA) is 42.7 Å². The molecule has 0 amide bonds. The van der Waals surface area contributed by atoms with E-state index < -0.39 is 0 Å². The summed E-state index contributed by atoms with van der Waals surface area (Å²) in [6, 6.07) is 0.501. The van der Waals surface area contributed by atoms with E-state index in [1.54, 1.807) is 0 Å². The summed E-state index contributed by atoms with van der Waals surface area (Å²) in [6.45, 7) is 6.34. The molecule has 0 aromatic carbocycles. The number of hydrogen-bond donors (Lipinski definition) is 1. The van der Waals surface area contributed by atoms with Crippen molar-refractivity contribution < 1.29 is 0 Å². The van der Waals surface area contributed by atoms with Crippen LogP contribution in [-0.2, 0) is 13.0 Å². The minimum Gasteiger partial charge on any atom is -0.309 e. The fourth-order valence-corrected chi connectivity index (χ4v) is 4.01. The fourth-order valence-electron chi connectivity index (χ4n) is 2.81. The molecule has 20 heavy (non-hydrogen) atoms. The van der Waals surface area contributed by atoms with Gasteiger partial charge in [0.1, 0.15) is 5.01 Å². The monoisotopic (exact) mass is 290 g/mol. The third kappa shape index (κ3) is 2.65. The first kappa shape index (κ1) is 13.8. The largest absolute Gasteiger partial charge is 0.309 e. The third-order valence-corrected chi connectivity index (χ3v) is 4.99. The highest BCUT2D eigenvalue weighted by Gasteiger charge is 2.24. The van der Waals surface area contributed by atoms with Crippen LogP contribution in [-0.4, -0.2) is 21.3 Å². The van der Waals surface area contributed by atoms with E-state index in [0.29, 0.717) is 6.04 Å². The van der Waals surface area contributed by atoms with E-state index in [4.69, 9.17) is 4.98 Å². The molecule has 1 aliphatic carbocycles. The summed E-state index contributed by atoms with van der Waals surface area (Å²) >= 11 is 1.84. The quantitative estimate of drug-likeness (QED) is 0.917. The van der Waals surface area contributed by atoms with Crippen LogP contribution in [0.1, 0.15) is 49.7 Å². The van der Waals surface area contributed by atoms with Crippen LogP contribution in [0.5, 0.6) is 0 Å². The minimum absolute atomic E-state index is 0.501. The molecule has 1 unspecified atom stereocenters. The minimum atomic E-state index is 0.501. The van der Waals surface area contributed by atoms with Gasteiger partial charge in [-0.25, -0.2) is 4.98 Å². The maximum atomic E-state index is 4.85. The number of thiazole rings is 1. The average Bonchev–Trinajstić information content (AvgIpc) is 3.06. The van der Waals surface area contributed by atoms with Gasteiger partial charge in [-0.1, -0.05) is 13.8 Å². The van der Waals surface area contributed by atoms with E-state index in [1.807, 2.05) is 22.2 Å². The number of nitrogens with zero attached hydrogens (tertiary/aromatic N) is 3. The van der Waals surface area contributed by atoms with Gasteiger partial charge in [0, 0.05) is 29.2 Å². The molecule has 0 saturated carbocycles. The van der Waals surface area contributed by atoms with Crippen molar-refractivity contribution in [1.82, 2.24) is 20.1 Å². The Morgan fingerprint density at radius 2 is 2.35 bits per heavy atom. The molecule has 2 heterocycles. The highest BCUT2D eigenvalue weighted by molar-refractivity contribution is 7.15. The van der Waals surface area contributed by atoms with Gasteiger partial charge < -0.3 is 5.32 Å². The predicted octanol–water partition coefficient (Wildman–Crippen LogP) is 3.40. The lowest BCUT2D eigenvalue weighted by molar-refractivity contribution is 0.476. The second-order valence-electron chi connectivity index (χ2n) is 5.32. The van der Waals surface area contributed by atoms with Crippen LogP contribution in [0.2, 0.25) is 0 Å². The molecule has 0 radical (unpaired) electrons. The number of aryl methyl sites for hydroxylation is 2. The first-order valence-electron chi connectivity index (χ1n) is 7.57. The van der Waals surface area contributed by atoms with Crippen molar-refractivity contribution in [3.63, 3.8) is 0 Å². The summed E-state index contributed by atoms with van der Waals surface area (Å²) in [5.41, 5.74) is 2.46. The Morgan fingerprint density at radius 3 is 3.15 bits per heavy atom. The van der Waals surface area contributed by atoms with Crippen molar-refractivity contribution >= 4 is 11.3 Å². The molecule has 2 aromatic rings. The van der Waals surface area contributed by atoms with Gasteiger partial charge in [-0.2, -0.15) is 5.10 Å². The summed E-state index contributed by atoms with van der Waals surface area (Å²) in [5, 5.41) is 9.12. The summed E-state index contributed by atoms with van der Waals surface area (Å²) < 4.78 is 2.01. The Balaban J connectivity index is 1.87. The van der Waals surface area contributed by atoms with Crippen LogP contribution in [0.25, 0.3) is 10.6 Å². The second-order valence-corrected chi connectivity index (χ2v) is 6.36. The van der Waals surface area contributed by atoms with Gasteiger partial charge in [-0.15, -0.1) is 11.3 Å². The SMILES string of the molecule is CCCn1cc(-c2nc3c(s2)C(NCC)CCC3)cn1. The van der Waals surface area contributed by atoms with Crippen molar-refractivity contribution in [2.75, 3.05) is 6.54 Å². The summed E-state index contributed by atoms with van der Waals surface area (Å²) in [4.78, 5) is 6.29. The molecule has 1 atom stereocenters. The number of aromatic nitrogens is 3. The van der Waals surface area contributed by atoms with E-state index >= 15 is 0 Å². The zero-order valence-corrected chi connectivity index (χ0v) is 13.0. The van der Waals surface area contributed by atoms with Gasteiger partial charge in [-0.05, 0) is 32.2 Å². The van der Waals surface area contributed by atoms with Crippen molar-refractivity contribution in [3.8, 4) is 10.6 Å². The number of fused-ring (bicyclic) bond motifs is 1. The molecular weight excluding hydrogens is 268 g/mol. The number of nitrogens with one attached hydrogen (secondary N) is 1. The smallest absolute Gasteiger partial charge is 0.127 e. The van der Waals surface area contributed by atoms with E-state index in [9.17, 15) is 0 Å². The molecule has 4 nitrogen and oxygen atoms in total. The Bertz CT molecular complexity index is 572. The lowest BCUT2D eigenvalue weighted by Crippen LogP contribution is -2.23. The maximum absolute atomic E-state index is 4.85. The first-order valence-corrected chi connectivity index (χ1v) is 8.39. The Kier molecular flexibility index (Phi) is 4.17. The third-order valence-electron chi connectivity index (χ3n) is 3.73. The van der Waals surface area contributed by atoms with Crippen molar-refractivity contribution in [1.29, 1.82) is 0 Å². The molecule has 0 aliphatic heterocycles. The van der Waals surface area contributed by atoms with Crippen LogP contribution in [0.3, 0.4) is 0 Å². The molecular formula is C15H22N4S. The highest BCUT2D eigenvalue weighted by Crippen LogP contribution is 2.37. The van der Waals surface area contributed by atoms with Crippen molar-refractivity contribution in [3.05, 3.63) is 23.0 Å². The van der Waals surface area contributed by atoms with Crippen LogP contribution in [0.15, 0.2) is 12.4 Å². The summed E-state index contributed by atoms with van der Waals surface area (Å²) in [6.07, 6.45) is 8.77. The number of rotatable bonds is 5. The van der Waals surface area contributed by atoms with Gasteiger partial charge >= 0.3 is 0 Å². The van der Waals surface area contributed by atoms with E-state index in [0.717, 1.165) is 36.5 Å². The van der Waals surface area contributed by atoms with Crippen LogP contribution in [0.4, 0.5) is 0 Å². The lowest BCUT2D eigenvalue weighted by atomic mass is 9.98. The van der Waals surface area contributed by atoms with Crippen LogP contribution >= 0.6 is 11.3 Å². The zero-order valence-electron chi connectivity index (χ0n) is 12.2. The normalized spacial score (nSPS) is 18.2. The van der Waals surface area contributed by atoms with E-state index in [1.165, 1.54) is 23.4 Å². The van der Waals surface area contributed by atoms with Gasteiger partial charge in [0.05, 0.1) is 11.9 Å². The Hall–Kier alpha value is -1.20. The molecule has 1 aliphatic rings. The van der Waals surface area contributed by atoms with Crippen molar-refractivity contribution in [2.45, 2.75) is 52.1 Å². The van der Waals surface area contributed by atoms with E-state index in [2.05, 4.69) is 30.5 Å². The molecule has 0 spiro atoms. The fraction of sp³-hybridized carbons (Fsp3) is 0.600. The Morgan fingerprint density at radius 1 is 1.45 bits per heavy atom. The molecule has 1 N–H and O–H groups in total. The molecule has 2 aromatic heterocycles. The zero-order chi connectivity index (χ0) is 13.9. The standard InChI is InChI=1S/C15H22N4S/c1-3-8-19-10-11(9-17-19)15-18-13-7-5-6-12(16-4-2)14(13)20-15/h9-10,12,16H,3-8H2,1-2H3. The van der Waals surface area contributed by atoms with Gasteiger partial charge in [0.15, 0.2) is 0 Å². The maximum Gasteiger partial charge on any atom is 0.127 e. The van der Waals surface area contributed by atoms with Gasteiger partial charge in [0.25, 0.3) is 0 Å². The molecule has 0 bridgehead atoms. The van der Waals surface area contributed by atoms with Gasteiger partial charge in [-0.3, -0.25) is 4.68 Å². The predicted molar refractivity (Wildman–Crippen MR) is 83.0 cm³/mol. The van der Waals surface area contributed by atoms with Crippen LogP contribution in [0, 0.1) is 0 Å². The molecule has 3 rings (SSSR count). The highest BCUT2D eigenvalue weighted by atomic mass is 32.1. The second kappa shape index (κ2) is 6.06. The average molecular weight is 290 g/mol.